The topological polar surface area (TPSA) is 75.6 Å². The molecule has 0 saturated heterocycles. The molecule has 5 atom stereocenters. The normalized spacial score (nSPS) is 34.1. The summed E-state index contributed by atoms with van der Waals surface area (Å²) in [7, 11) is 0. The van der Waals surface area contributed by atoms with Crippen molar-refractivity contribution in [2.24, 2.45) is 17.3 Å². The standard InChI is InChI=1S/C21H25ClFNO4/c1-12(19(26)24-17-3-2-15(23)5-16(17)22)28-18(25)10-20-6-13-4-14(7-20)9-21(27,8-13)11-20/h2-3,5,12-14,27H,4,6-11H2,1H3,(H,24,26)/t12-,13-,14+,20?,21?/m0/s1. The van der Waals surface area contributed by atoms with Crippen LogP contribution in [0, 0.1) is 23.1 Å². The maximum atomic E-state index is 13.1. The summed E-state index contributed by atoms with van der Waals surface area (Å²) in [6.45, 7) is 1.50. The summed E-state index contributed by atoms with van der Waals surface area (Å²) in [5, 5.41) is 13.4. The average molecular weight is 410 g/mol. The van der Waals surface area contributed by atoms with Crippen LogP contribution in [0.1, 0.15) is 51.9 Å². The molecule has 152 valence electrons. The van der Waals surface area contributed by atoms with Crippen LogP contribution < -0.4 is 5.32 Å². The molecule has 7 heteroatoms. The first-order valence-electron chi connectivity index (χ1n) is 9.83. The van der Waals surface area contributed by atoms with Gasteiger partial charge in [0.2, 0.25) is 0 Å². The first kappa shape index (κ1) is 19.6. The largest absolute Gasteiger partial charge is 0.453 e. The number of hydrogen-bond acceptors (Lipinski definition) is 4. The first-order chi connectivity index (χ1) is 13.2. The predicted molar refractivity (Wildman–Crippen MR) is 102 cm³/mol. The van der Waals surface area contributed by atoms with Gasteiger partial charge in [0.15, 0.2) is 6.10 Å². The van der Waals surface area contributed by atoms with Crippen molar-refractivity contribution in [3.8, 4) is 0 Å². The molecule has 0 spiro atoms. The summed E-state index contributed by atoms with van der Waals surface area (Å²) in [4.78, 5) is 24.9. The highest BCUT2D eigenvalue weighted by atomic mass is 35.5. The van der Waals surface area contributed by atoms with Gasteiger partial charge < -0.3 is 15.2 Å². The van der Waals surface area contributed by atoms with Gasteiger partial charge in [0.05, 0.1) is 22.7 Å². The molecule has 2 N–H and O–H groups in total. The number of carbonyl (C=O) groups is 2. The summed E-state index contributed by atoms with van der Waals surface area (Å²) in [5.41, 5.74) is -0.571. The van der Waals surface area contributed by atoms with Gasteiger partial charge in [-0.25, -0.2) is 4.39 Å². The smallest absolute Gasteiger partial charge is 0.307 e. The van der Waals surface area contributed by atoms with E-state index in [-0.39, 0.29) is 22.5 Å². The van der Waals surface area contributed by atoms with Gasteiger partial charge in [-0.2, -0.15) is 0 Å². The molecule has 4 aliphatic rings. The summed E-state index contributed by atoms with van der Waals surface area (Å²) in [6.07, 6.45) is 4.63. The van der Waals surface area contributed by atoms with E-state index < -0.39 is 29.4 Å². The van der Waals surface area contributed by atoms with E-state index in [9.17, 15) is 19.1 Å². The van der Waals surface area contributed by atoms with E-state index in [0.717, 1.165) is 38.2 Å². The lowest BCUT2D eigenvalue weighted by Crippen LogP contribution is -2.56. The van der Waals surface area contributed by atoms with E-state index in [2.05, 4.69) is 5.32 Å². The third kappa shape index (κ3) is 3.90. The van der Waals surface area contributed by atoms with Gasteiger partial charge in [-0.1, -0.05) is 11.6 Å². The van der Waals surface area contributed by atoms with Gasteiger partial charge in [0, 0.05) is 0 Å². The Morgan fingerprint density at radius 3 is 2.61 bits per heavy atom. The molecule has 4 bridgehead atoms. The first-order valence-corrected chi connectivity index (χ1v) is 10.2. The van der Waals surface area contributed by atoms with Crippen molar-refractivity contribution in [2.45, 2.75) is 63.6 Å². The van der Waals surface area contributed by atoms with Gasteiger partial charge in [-0.05, 0) is 80.9 Å². The maximum Gasteiger partial charge on any atom is 0.307 e. The Morgan fingerprint density at radius 1 is 1.32 bits per heavy atom. The molecule has 5 rings (SSSR count). The van der Waals surface area contributed by atoms with Crippen molar-refractivity contribution in [1.82, 2.24) is 0 Å². The second-order valence-corrected chi connectivity index (χ2v) is 9.51. The summed E-state index contributed by atoms with van der Waals surface area (Å²) in [5.74, 6) is -0.468. The van der Waals surface area contributed by atoms with Crippen molar-refractivity contribution in [3.05, 3.63) is 29.0 Å². The lowest BCUT2D eigenvalue weighted by Gasteiger charge is -2.60. The zero-order valence-electron chi connectivity index (χ0n) is 15.8. The van der Waals surface area contributed by atoms with Crippen molar-refractivity contribution in [3.63, 3.8) is 0 Å². The van der Waals surface area contributed by atoms with Crippen molar-refractivity contribution >= 4 is 29.2 Å². The third-order valence-electron chi connectivity index (χ3n) is 6.54. The van der Waals surface area contributed by atoms with Crippen LogP contribution in [-0.4, -0.2) is 28.7 Å². The average Bonchev–Trinajstić information content (AvgIpc) is 2.54. The molecule has 4 aliphatic carbocycles. The maximum absolute atomic E-state index is 13.1. The van der Waals surface area contributed by atoms with E-state index in [1.54, 1.807) is 0 Å². The number of amides is 1. The predicted octanol–water partition coefficient (Wildman–Crippen LogP) is 4.07. The summed E-state index contributed by atoms with van der Waals surface area (Å²) >= 11 is 5.91. The van der Waals surface area contributed by atoms with Gasteiger partial charge in [0.25, 0.3) is 5.91 Å². The highest BCUT2D eigenvalue weighted by Crippen LogP contribution is 2.62. The summed E-state index contributed by atoms with van der Waals surface area (Å²) in [6, 6.07) is 3.65. The Morgan fingerprint density at radius 2 is 2.00 bits per heavy atom. The highest BCUT2D eigenvalue weighted by Gasteiger charge is 2.57. The van der Waals surface area contributed by atoms with Gasteiger partial charge in [-0.15, -0.1) is 0 Å². The molecular formula is C21H25ClFNO4. The number of benzene rings is 1. The zero-order valence-corrected chi connectivity index (χ0v) is 16.6. The van der Waals surface area contributed by atoms with E-state index in [1.165, 1.54) is 19.1 Å². The second kappa shape index (κ2) is 6.99. The number of aliphatic hydroxyl groups is 1. The lowest BCUT2D eigenvalue weighted by atomic mass is 9.47. The molecule has 28 heavy (non-hydrogen) atoms. The molecule has 1 amide bonds. The molecule has 1 aromatic rings. The molecule has 0 aromatic heterocycles. The van der Waals surface area contributed by atoms with Crippen LogP contribution in [0.4, 0.5) is 10.1 Å². The Labute approximate surface area is 168 Å². The van der Waals surface area contributed by atoms with Crippen LogP contribution in [-0.2, 0) is 14.3 Å². The quantitative estimate of drug-likeness (QED) is 0.719. The van der Waals surface area contributed by atoms with Crippen molar-refractivity contribution in [2.75, 3.05) is 5.32 Å². The van der Waals surface area contributed by atoms with Crippen molar-refractivity contribution in [1.29, 1.82) is 0 Å². The minimum Gasteiger partial charge on any atom is -0.453 e. The zero-order chi connectivity index (χ0) is 20.1. The Kier molecular flexibility index (Phi) is 4.91. The second-order valence-electron chi connectivity index (χ2n) is 9.11. The SMILES string of the molecule is C[C@H](OC(=O)CC12C[C@@H]3C[C@@H](CC(O)(C3)C1)C2)C(=O)Nc1ccc(F)cc1Cl. The van der Waals surface area contributed by atoms with Gasteiger partial charge >= 0.3 is 5.97 Å². The van der Waals surface area contributed by atoms with E-state index >= 15 is 0 Å². The third-order valence-corrected chi connectivity index (χ3v) is 6.85. The van der Waals surface area contributed by atoms with Crippen LogP contribution in [0.15, 0.2) is 18.2 Å². The molecule has 0 radical (unpaired) electrons. The molecule has 5 nitrogen and oxygen atoms in total. The Hall–Kier alpha value is -1.66. The molecule has 0 aliphatic heterocycles. The van der Waals surface area contributed by atoms with Crippen LogP contribution >= 0.6 is 11.6 Å². The fraction of sp³-hybridized carbons (Fsp3) is 0.619. The molecule has 0 heterocycles. The fourth-order valence-electron chi connectivity index (χ4n) is 6.03. The molecule has 4 saturated carbocycles. The van der Waals surface area contributed by atoms with Gasteiger partial charge in [-0.3, -0.25) is 9.59 Å². The number of anilines is 1. The van der Waals surface area contributed by atoms with E-state index in [0.29, 0.717) is 18.3 Å². The number of carbonyl (C=O) groups excluding carboxylic acids is 2. The van der Waals surface area contributed by atoms with E-state index in [1.807, 2.05) is 0 Å². The minimum absolute atomic E-state index is 0.0775. The Bertz CT molecular complexity index is 800. The van der Waals surface area contributed by atoms with Crippen molar-refractivity contribution < 1.29 is 23.8 Å². The number of hydrogen-bond donors (Lipinski definition) is 2. The van der Waals surface area contributed by atoms with Crippen LogP contribution in [0.25, 0.3) is 0 Å². The number of nitrogens with one attached hydrogen (secondary N) is 1. The fourth-order valence-corrected chi connectivity index (χ4v) is 6.25. The monoisotopic (exact) mass is 409 g/mol. The highest BCUT2D eigenvalue weighted by molar-refractivity contribution is 6.33. The minimum atomic E-state index is -0.995. The molecule has 4 fully saturated rings. The molecule has 2 unspecified atom stereocenters. The number of esters is 1. The van der Waals surface area contributed by atoms with Crippen LogP contribution in [0.5, 0.6) is 0 Å². The van der Waals surface area contributed by atoms with Gasteiger partial charge in [0.1, 0.15) is 5.82 Å². The number of ether oxygens (including phenoxy) is 1. The molecular weight excluding hydrogens is 385 g/mol. The lowest BCUT2D eigenvalue weighted by molar-refractivity contribution is -0.179. The number of halogens is 2. The molecule has 1 aromatic carbocycles. The van der Waals surface area contributed by atoms with E-state index in [4.69, 9.17) is 16.3 Å². The number of rotatable bonds is 5. The summed E-state index contributed by atoms with van der Waals surface area (Å²) < 4.78 is 18.5. The van der Waals surface area contributed by atoms with Crippen LogP contribution in [0.3, 0.4) is 0 Å². The van der Waals surface area contributed by atoms with Crippen LogP contribution in [0.2, 0.25) is 5.02 Å². The Balaban J connectivity index is 1.35.